The average Bonchev–Trinajstić information content (AvgIpc) is 2.60. The minimum Gasteiger partial charge on any atom is -0.496 e. The van der Waals surface area contributed by atoms with Crippen molar-refractivity contribution in [3.63, 3.8) is 0 Å². The van der Waals surface area contributed by atoms with Gasteiger partial charge in [0.2, 0.25) is 0 Å². The molecule has 0 atom stereocenters. The van der Waals surface area contributed by atoms with Crippen LogP contribution in [0.15, 0.2) is 23.1 Å². The molecule has 134 valence electrons. The number of likely N-dealkylation sites (N-methyl/N-ethyl adjacent to an activating group) is 1. The average molecular weight is 353 g/mol. The van der Waals surface area contributed by atoms with E-state index >= 15 is 0 Å². The summed E-state index contributed by atoms with van der Waals surface area (Å²) in [5.74, 6) is 0.203. The molecule has 0 radical (unpaired) electrons. The van der Waals surface area contributed by atoms with Gasteiger partial charge in [-0.05, 0) is 56.4 Å². The van der Waals surface area contributed by atoms with Crippen molar-refractivity contribution in [3.8, 4) is 5.75 Å². The molecule has 1 aliphatic heterocycles. The number of carboxylic acid groups (broad SMARTS) is 1. The molecular weight excluding hydrogens is 324 g/mol. The number of thioether (sulfide) groups is 1. The van der Waals surface area contributed by atoms with Crippen LogP contribution in [0.1, 0.15) is 25.3 Å². The summed E-state index contributed by atoms with van der Waals surface area (Å²) in [4.78, 5) is 16.6. The number of methoxy groups -OCH3 is 1. The number of nitrogens with zero attached hydrogens (tertiary/aromatic N) is 2. The van der Waals surface area contributed by atoms with E-state index in [2.05, 4.69) is 34.3 Å². The molecule has 1 fully saturated rings. The highest BCUT2D eigenvalue weighted by Gasteiger charge is 2.25. The zero-order chi connectivity index (χ0) is 17.5. The molecule has 5 nitrogen and oxygen atoms in total. The minimum atomic E-state index is -0.736. The molecule has 1 N–H and O–H groups in total. The van der Waals surface area contributed by atoms with Crippen molar-refractivity contribution in [1.82, 2.24) is 9.80 Å². The standard InChI is InChI=1S/C18H28N2O3S/c1-4-20(13-18(21)22)15-7-9-19(10-8-15)12-14-5-6-17(24-3)16(11-14)23-2/h5-6,11,15H,4,7-10,12-13H2,1-3H3,(H,21,22). The summed E-state index contributed by atoms with van der Waals surface area (Å²) in [5.41, 5.74) is 1.26. The number of hydrogen-bond donors (Lipinski definition) is 1. The lowest BCUT2D eigenvalue weighted by Crippen LogP contribution is -2.46. The number of benzene rings is 1. The molecule has 2 rings (SSSR count). The normalized spacial score (nSPS) is 16.5. The van der Waals surface area contributed by atoms with Crippen LogP contribution in [0.5, 0.6) is 5.75 Å². The third-order valence-electron chi connectivity index (χ3n) is 4.67. The number of likely N-dealkylation sites (tertiary alicyclic amines) is 1. The van der Waals surface area contributed by atoms with Gasteiger partial charge < -0.3 is 9.84 Å². The van der Waals surface area contributed by atoms with Gasteiger partial charge in [-0.1, -0.05) is 13.0 Å². The maximum Gasteiger partial charge on any atom is 0.317 e. The lowest BCUT2D eigenvalue weighted by molar-refractivity contribution is -0.139. The number of carbonyl (C=O) groups is 1. The number of carboxylic acids is 1. The largest absolute Gasteiger partial charge is 0.496 e. The minimum absolute atomic E-state index is 0.147. The van der Waals surface area contributed by atoms with Gasteiger partial charge in [0.25, 0.3) is 0 Å². The highest BCUT2D eigenvalue weighted by atomic mass is 32.2. The first-order valence-corrected chi connectivity index (χ1v) is 9.69. The van der Waals surface area contributed by atoms with Gasteiger partial charge in [-0.2, -0.15) is 0 Å². The Kier molecular flexibility index (Phi) is 7.40. The first kappa shape index (κ1) is 19.1. The van der Waals surface area contributed by atoms with Crippen LogP contribution in [-0.4, -0.2) is 66.5 Å². The van der Waals surface area contributed by atoms with E-state index in [0.717, 1.165) is 49.7 Å². The summed E-state index contributed by atoms with van der Waals surface area (Å²) < 4.78 is 5.46. The predicted octanol–water partition coefficient (Wildman–Crippen LogP) is 2.79. The van der Waals surface area contributed by atoms with Crippen LogP contribution in [0.2, 0.25) is 0 Å². The summed E-state index contributed by atoms with van der Waals surface area (Å²) in [6.45, 7) is 5.91. The Morgan fingerprint density at radius 3 is 2.67 bits per heavy atom. The maximum atomic E-state index is 11.0. The second-order valence-corrected chi connectivity index (χ2v) is 7.00. The molecule has 1 heterocycles. The molecule has 0 aliphatic carbocycles. The monoisotopic (exact) mass is 352 g/mol. The molecule has 1 aromatic carbocycles. The first-order chi connectivity index (χ1) is 11.6. The van der Waals surface area contributed by atoms with E-state index in [-0.39, 0.29) is 6.54 Å². The fraction of sp³-hybridized carbons (Fsp3) is 0.611. The Bertz CT molecular complexity index is 545. The van der Waals surface area contributed by atoms with Crippen LogP contribution in [0.3, 0.4) is 0 Å². The number of ether oxygens (including phenoxy) is 1. The van der Waals surface area contributed by atoms with Crippen molar-refractivity contribution in [2.24, 2.45) is 0 Å². The Labute approximate surface area is 149 Å². The lowest BCUT2D eigenvalue weighted by atomic mass is 10.0. The van der Waals surface area contributed by atoms with Crippen LogP contribution in [0, 0.1) is 0 Å². The molecule has 0 aromatic heterocycles. The Morgan fingerprint density at radius 2 is 2.12 bits per heavy atom. The summed E-state index contributed by atoms with van der Waals surface area (Å²) >= 11 is 1.69. The summed E-state index contributed by atoms with van der Waals surface area (Å²) in [6, 6.07) is 6.80. The highest BCUT2D eigenvalue weighted by molar-refractivity contribution is 7.98. The van der Waals surface area contributed by atoms with Crippen LogP contribution >= 0.6 is 11.8 Å². The molecule has 0 spiro atoms. The van der Waals surface area contributed by atoms with Crippen LogP contribution in [-0.2, 0) is 11.3 Å². The van der Waals surface area contributed by atoms with E-state index in [9.17, 15) is 4.79 Å². The van der Waals surface area contributed by atoms with Crippen LogP contribution < -0.4 is 4.74 Å². The smallest absolute Gasteiger partial charge is 0.317 e. The molecule has 0 bridgehead atoms. The van der Waals surface area contributed by atoms with E-state index in [1.54, 1.807) is 18.9 Å². The molecule has 0 unspecified atom stereocenters. The molecule has 1 aromatic rings. The number of aliphatic carboxylic acids is 1. The van der Waals surface area contributed by atoms with Gasteiger partial charge in [0.15, 0.2) is 0 Å². The zero-order valence-electron chi connectivity index (χ0n) is 14.8. The fourth-order valence-corrected chi connectivity index (χ4v) is 3.90. The van der Waals surface area contributed by atoms with E-state index < -0.39 is 5.97 Å². The van der Waals surface area contributed by atoms with E-state index in [1.165, 1.54) is 5.56 Å². The summed E-state index contributed by atoms with van der Waals surface area (Å²) in [5, 5.41) is 9.02. The quantitative estimate of drug-likeness (QED) is 0.726. The SMILES string of the molecule is CCN(CC(=O)O)C1CCN(Cc2ccc(SC)c(OC)c2)CC1. The first-order valence-electron chi connectivity index (χ1n) is 8.46. The van der Waals surface area contributed by atoms with Gasteiger partial charge in [-0.3, -0.25) is 14.6 Å². The lowest BCUT2D eigenvalue weighted by Gasteiger charge is -2.37. The van der Waals surface area contributed by atoms with Crippen LogP contribution in [0.4, 0.5) is 0 Å². The predicted molar refractivity (Wildman–Crippen MR) is 98.0 cm³/mol. The highest BCUT2D eigenvalue weighted by Crippen LogP contribution is 2.29. The Hall–Kier alpha value is -1.24. The van der Waals surface area contributed by atoms with Crippen molar-refractivity contribution in [1.29, 1.82) is 0 Å². The van der Waals surface area contributed by atoms with Crippen molar-refractivity contribution in [2.45, 2.75) is 37.2 Å². The summed E-state index contributed by atoms with van der Waals surface area (Å²) in [7, 11) is 1.71. The van der Waals surface area contributed by atoms with E-state index in [4.69, 9.17) is 9.84 Å². The fourth-order valence-electron chi connectivity index (χ4n) is 3.35. The number of rotatable bonds is 8. The number of piperidine rings is 1. The second-order valence-electron chi connectivity index (χ2n) is 6.15. The van der Waals surface area contributed by atoms with Gasteiger partial charge in [0.1, 0.15) is 5.75 Å². The van der Waals surface area contributed by atoms with Gasteiger partial charge >= 0.3 is 5.97 Å². The molecule has 6 heteroatoms. The zero-order valence-corrected chi connectivity index (χ0v) is 15.6. The Balaban J connectivity index is 1.90. The van der Waals surface area contributed by atoms with Crippen molar-refractivity contribution in [3.05, 3.63) is 23.8 Å². The van der Waals surface area contributed by atoms with Gasteiger partial charge in [-0.25, -0.2) is 0 Å². The number of hydrogen-bond acceptors (Lipinski definition) is 5. The summed E-state index contributed by atoms with van der Waals surface area (Å²) in [6.07, 6.45) is 4.11. The topological polar surface area (TPSA) is 53.0 Å². The molecule has 24 heavy (non-hydrogen) atoms. The van der Waals surface area contributed by atoms with Crippen molar-refractivity contribution >= 4 is 17.7 Å². The third kappa shape index (κ3) is 5.13. The van der Waals surface area contributed by atoms with Gasteiger partial charge in [0, 0.05) is 17.5 Å². The Morgan fingerprint density at radius 1 is 1.42 bits per heavy atom. The molecule has 0 saturated carbocycles. The van der Waals surface area contributed by atoms with Crippen molar-refractivity contribution in [2.75, 3.05) is 39.5 Å². The van der Waals surface area contributed by atoms with E-state index in [1.807, 2.05) is 6.92 Å². The third-order valence-corrected chi connectivity index (χ3v) is 5.45. The second kappa shape index (κ2) is 9.30. The van der Waals surface area contributed by atoms with Gasteiger partial charge in [-0.15, -0.1) is 11.8 Å². The van der Waals surface area contributed by atoms with E-state index in [0.29, 0.717) is 6.04 Å². The van der Waals surface area contributed by atoms with Crippen molar-refractivity contribution < 1.29 is 14.6 Å². The molecule has 1 aliphatic rings. The molecule has 0 amide bonds. The van der Waals surface area contributed by atoms with Gasteiger partial charge in [0.05, 0.1) is 13.7 Å². The molecule has 1 saturated heterocycles. The van der Waals surface area contributed by atoms with Crippen LogP contribution in [0.25, 0.3) is 0 Å². The maximum absolute atomic E-state index is 11.0. The molecular formula is C18H28N2O3S.